The normalized spacial score (nSPS) is 26.8. The fourth-order valence-electron chi connectivity index (χ4n) is 1.73. The van der Waals surface area contributed by atoms with E-state index in [4.69, 9.17) is 9.84 Å². The summed E-state index contributed by atoms with van der Waals surface area (Å²) in [5, 5.41) is 8.99. The van der Waals surface area contributed by atoms with E-state index in [2.05, 4.69) is 12.5 Å². The van der Waals surface area contributed by atoms with Crippen LogP contribution in [0.2, 0.25) is 0 Å². The first-order valence-electron chi connectivity index (χ1n) is 5.36. The van der Waals surface area contributed by atoms with Crippen molar-refractivity contribution in [3.63, 3.8) is 0 Å². The summed E-state index contributed by atoms with van der Waals surface area (Å²) in [6, 6.07) is 0. The second-order valence-corrected chi connectivity index (χ2v) is 7.06. The van der Waals surface area contributed by atoms with Crippen molar-refractivity contribution in [3.8, 4) is 0 Å². The number of aliphatic hydroxyl groups excluding tert-OH is 1. The fourth-order valence-corrected chi connectivity index (χ4v) is 3.21. The van der Waals surface area contributed by atoms with Crippen molar-refractivity contribution >= 4 is 31.2 Å². The topological polar surface area (TPSA) is 229 Å². The Morgan fingerprint density at radius 1 is 0.808 bits per heavy atom. The van der Waals surface area contributed by atoms with E-state index in [9.17, 15) is 38.9 Å². The molecule has 1 aliphatic rings. The molecule has 26 heavy (non-hydrogen) atoms. The quantitative estimate of drug-likeness (QED) is 0.207. The Bertz CT molecular complexity index is 719. The molecule has 20 heteroatoms. The van der Waals surface area contributed by atoms with Crippen LogP contribution < -0.4 is 88.7 Å². The molecule has 138 valence electrons. The van der Waals surface area contributed by atoms with Gasteiger partial charge in [-0.05, 0) is 0 Å². The zero-order valence-corrected chi connectivity index (χ0v) is 22.2. The maximum atomic E-state index is 10.7. The van der Waals surface area contributed by atoms with E-state index in [-0.39, 0.29) is 88.7 Å². The van der Waals surface area contributed by atoms with Crippen molar-refractivity contribution in [2.24, 2.45) is 0 Å². The maximum absolute atomic E-state index is 10.7. The second-order valence-electron chi connectivity index (χ2n) is 4.04. The molecule has 0 aliphatic carbocycles. The maximum Gasteiger partial charge on any atom is 1.00 e. The van der Waals surface area contributed by atoms with Gasteiger partial charge in [0.1, 0.15) is 24.4 Å². The van der Waals surface area contributed by atoms with Gasteiger partial charge in [0.05, 0.1) is 13.2 Å². The van der Waals surface area contributed by atoms with Gasteiger partial charge in [-0.1, -0.05) is 0 Å². The van der Waals surface area contributed by atoms with E-state index in [1.54, 1.807) is 0 Å². The molecule has 1 N–H and O–H groups in total. The number of aliphatic hydroxyl groups is 1. The summed E-state index contributed by atoms with van der Waals surface area (Å²) in [7, 11) is -16.6. The summed E-state index contributed by atoms with van der Waals surface area (Å²) in [4.78, 5) is 0. The Morgan fingerprint density at radius 3 is 1.54 bits per heavy atom. The number of ether oxygens (including phenoxy) is 1. The molecule has 0 spiro atoms. The Balaban J connectivity index is -0.00000176. The summed E-state index contributed by atoms with van der Waals surface area (Å²) < 4.78 is 112. The standard InChI is InChI=1S/C6H12O14S3.3Na/c7-1-3-5(19-22(11,12)13)6(20-23(14,15)16)4(2-17-3)18-21(8,9)10;;;/h3-7H,1-2H2,(H,8,9,10)(H,11,12,13)(H,14,15,16);;;/q;3*+1/p-3/t3-,4?,5?,6?;;;/m0.../s1. The van der Waals surface area contributed by atoms with Crippen molar-refractivity contribution in [2.75, 3.05) is 13.2 Å². The van der Waals surface area contributed by atoms with Crippen molar-refractivity contribution in [3.05, 3.63) is 0 Å². The van der Waals surface area contributed by atoms with Crippen LogP contribution >= 0.6 is 0 Å². The number of hydrogen-bond acceptors (Lipinski definition) is 14. The van der Waals surface area contributed by atoms with Gasteiger partial charge in [-0.25, -0.2) is 25.3 Å². The van der Waals surface area contributed by atoms with Gasteiger partial charge in [0, 0.05) is 0 Å². The van der Waals surface area contributed by atoms with Gasteiger partial charge in [-0.15, -0.1) is 0 Å². The molecule has 0 radical (unpaired) electrons. The van der Waals surface area contributed by atoms with Crippen LogP contribution in [-0.4, -0.2) is 81.6 Å². The molecule has 0 amide bonds. The largest absolute Gasteiger partial charge is 1.00 e. The number of hydrogen-bond donors (Lipinski definition) is 1. The molecule has 0 aromatic carbocycles. The Hall–Kier alpha value is 2.53. The summed E-state index contributed by atoms with van der Waals surface area (Å²) in [6.07, 6.45) is -8.46. The van der Waals surface area contributed by atoms with Gasteiger partial charge < -0.3 is 23.5 Å². The molecule has 1 aliphatic heterocycles. The SMILES string of the molecule is O=S(=O)([O-])OC1CO[C@@H](CO)C(OS(=O)(=O)[O-])C1OS(=O)(=O)[O-].[Na+].[Na+].[Na+]. The van der Waals surface area contributed by atoms with Gasteiger partial charge in [-0.2, -0.15) is 0 Å². The van der Waals surface area contributed by atoms with E-state index in [0.29, 0.717) is 0 Å². The predicted octanol–water partition coefficient (Wildman–Crippen LogP) is -13.1. The predicted molar refractivity (Wildman–Crippen MR) is 60.5 cm³/mol. The molecule has 0 saturated carbocycles. The zero-order chi connectivity index (χ0) is 18.1. The van der Waals surface area contributed by atoms with Crippen LogP contribution in [0, 0.1) is 0 Å². The molecule has 1 fully saturated rings. The van der Waals surface area contributed by atoms with Crippen molar-refractivity contribution in [1.82, 2.24) is 0 Å². The van der Waals surface area contributed by atoms with Crippen molar-refractivity contribution < 1.29 is 150 Å². The van der Waals surface area contributed by atoms with Crippen molar-refractivity contribution in [1.29, 1.82) is 0 Å². The first kappa shape index (κ1) is 33.2. The van der Waals surface area contributed by atoms with Crippen LogP contribution in [-0.2, 0) is 48.5 Å². The summed E-state index contributed by atoms with van der Waals surface area (Å²) >= 11 is 0. The van der Waals surface area contributed by atoms with Crippen LogP contribution in [0.4, 0.5) is 0 Å². The smallest absolute Gasteiger partial charge is 0.726 e. The minimum atomic E-state index is -5.57. The van der Waals surface area contributed by atoms with E-state index in [1.807, 2.05) is 0 Å². The van der Waals surface area contributed by atoms with Crippen LogP contribution in [0.3, 0.4) is 0 Å². The van der Waals surface area contributed by atoms with Gasteiger partial charge in [0.2, 0.25) is 31.2 Å². The van der Waals surface area contributed by atoms with Gasteiger partial charge in [0.25, 0.3) is 0 Å². The van der Waals surface area contributed by atoms with Gasteiger partial charge >= 0.3 is 88.7 Å². The van der Waals surface area contributed by atoms with Crippen LogP contribution in [0.5, 0.6) is 0 Å². The van der Waals surface area contributed by atoms with Crippen LogP contribution in [0.1, 0.15) is 0 Å². The Labute approximate surface area is 216 Å². The molecule has 0 bridgehead atoms. The first-order valence-corrected chi connectivity index (χ1v) is 9.36. The summed E-state index contributed by atoms with van der Waals surface area (Å²) in [5.41, 5.74) is 0. The zero-order valence-electron chi connectivity index (χ0n) is 13.7. The van der Waals surface area contributed by atoms with Crippen LogP contribution in [0.15, 0.2) is 0 Å². The van der Waals surface area contributed by atoms with Gasteiger partial charge in [-0.3, -0.25) is 12.5 Å². The summed E-state index contributed by atoms with van der Waals surface area (Å²) in [6.45, 7) is -1.93. The van der Waals surface area contributed by atoms with E-state index >= 15 is 0 Å². The third kappa shape index (κ3) is 13.0. The van der Waals surface area contributed by atoms with E-state index in [1.165, 1.54) is 0 Å². The molecular formula is C6H9Na3O14S3. The summed E-state index contributed by atoms with van der Waals surface area (Å²) in [5.74, 6) is 0. The minimum Gasteiger partial charge on any atom is -0.726 e. The molecule has 1 heterocycles. The molecule has 1 saturated heterocycles. The fraction of sp³-hybridized carbons (Fsp3) is 1.00. The Kier molecular flexibility index (Phi) is 16.7. The van der Waals surface area contributed by atoms with E-state index in [0.717, 1.165) is 0 Å². The second kappa shape index (κ2) is 13.1. The third-order valence-electron chi connectivity index (χ3n) is 2.41. The van der Waals surface area contributed by atoms with E-state index < -0.39 is 68.8 Å². The molecule has 0 aromatic heterocycles. The van der Waals surface area contributed by atoms with Crippen molar-refractivity contribution in [2.45, 2.75) is 24.4 Å². The monoisotopic (exact) mass is 470 g/mol. The molecule has 14 nitrogen and oxygen atoms in total. The van der Waals surface area contributed by atoms with Gasteiger partial charge in [0.15, 0.2) is 0 Å². The molecule has 0 aromatic rings. The minimum absolute atomic E-state index is 0. The first-order chi connectivity index (χ1) is 10.2. The molecular weight excluding hydrogens is 461 g/mol. The third-order valence-corrected chi connectivity index (χ3v) is 3.81. The van der Waals surface area contributed by atoms with Crippen LogP contribution in [0.25, 0.3) is 0 Å². The Morgan fingerprint density at radius 2 is 1.19 bits per heavy atom. The number of rotatable bonds is 7. The molecule has 1 rings (SSSR count). The average molecular weight is 470 g/mol. The average Bonchev–Trinajstić information content (AvgIpc) is 2.28. The molecule has 4 atom stereocenters. The molecule has 3 unspecified atom stereocenters.